The number of hydrogen-bond donors (Lipinski definition) is 0. The number of benzene rings is 1. The third kappa shape index (κ3) is 3.20. The first-order chi connectivity index (χ1) is 11.1. The molecule has 0 unspecified atom stereocenters. The van der Waals surface area contributed by atoms with E-state index in [2.05, 4.69) is 25.9 Å². The number of ether oxygens (including phenoxy) is 2. The molecular formula is C16H13BrN2O3S. The lowest BCUT2D eigenvalue weighted by Gasteiger charge is -2.06. The fourth-order valence-corrected chi connectivity index (χ4v) is 3.56. The molecule has 0 bridgehead atoms. The first-order valence-electron chi connectivity index (χ1n) is 6.94. The van der Waals surface area contributed by atoms with Crippen LogP contribution in [-0.2, 0) is 4.74 Å². The number of hydrogen-bond acceptors (Lipinski definition) is 6. The molecule has 3 rings (SSSR count). The molecule has 0 radical (unpaired) electrons. The number of aromatic nitrogens is 2. The highest BCUT2D eigenvalue weighted by Gasteiger charge is 2.21. The first kappa shape index (κ1) is 15.9. The third-order valence-corrected chi connectivity index (χ3v) is 4.84. The highest BCUT2D eigenvalue weighted by atomic mass is 79.9. The summed E-state index contributed by atoms with van der Waals surface area (Å²) in [4.78, 5) is 21.7. The van der Waals surface area contributed by atoms with E-state index < -0.39 is 0 Å². The van der Waals surface area contributed by atoms with Gasteiger partial charge in [-0.05, 0) is 37.6 Å². The second-order valence-electron chi connectivity index (χ2n) is 4.70. The smallest absolute Gasteiger partial charge is 0.348 e. The lowest BCUT2D eigenvalue weighted by molar-refractivity contribution is 0.0531. The predicted octanol–water partition coefficient (Wildman–Crippen LogP) is 4.73. The van der Waals surface area contributed by atoms with Gasteiger partial charge in [-0.1, -0.05) is 22.0 Å². The Morgan fingerprint density at radius 3 is 2.91 bits per heavy atom. The second kappa shape index (κ2) is 6.64. The lowest BCUT2D eigenvalue weighted by Crippen LogP contribution is -2.03. The van der Waals surface area contributed by atoms with Crippen molar-refractivity contribution in [3.63, 3.8) is 0 Å². The molecular weight excluding hydrogens is 380 g/mol. The summed E-state index contributed by atoms with van der Waals surface area (Å²) in [6, 6.07) is 7.48. The molecule has 0 N–H and O–H groups in total. The van der Waals surface area contributed by atoms with Crippen molar-refractivity contribution in [2.75, 3.05) is 6.61 Å². The Bertz CT molecular complexity index is 879. The van der Waals surface area contributed by atoms with Gasteiger partial charge in [-0.2, -0.15) is 0 Å². The van der Waals surface area contributed by atoms with Gasteiger partial charge in [-0.3, -0.25) is 0 Å². The van der Waals surface area contributed by atoms with Crippen LogP contribution in [0.2, 0.25) is 0 Å². The minimum Gasteiger partial charge on any atom is -0.462 e. The van der Waals surface area contributed by atoms with Crippen molar-refractivity contribution in [1.82, 2.24) is 9.97 Å². The van der Waals surface area contributed by atoms with Gasteiger partial charge in [0, 0.05) is 4.47 Å². The number of fused-ring (bicyclic) bond motifs is 1. The van der Waals surface area contributed by atoms with Gasteiger partial charge in [0.15, 0.2) is 0 Å². The zero-order valence-electron chi connectivity index (χ0n) is 12.5. The summed E-state index contributed by atoms with van der Waals surface area (Å²) in [6.07, 6.45) is 1.43. The maximum Gasteiger partial charge on any atom is 0.348 e. The van der Waals surface area contributed by atoms with Crippen LogP contribution in [0.3, 0.4) is 0 Å². The highest BCUT2D eigenvalue weighted by Crippen LogP contribution is 2.36. The molecule has 3 aromatic rings. The fraction of sp³-hybridized carbons (Fsp3) is 0.188. The van der Waals surface area contributed by atoms with Crippen LogP contribution in [0, 0.1) is 6.92 Å². The van der Waals surface area contributed by atoms with E-state index in [1.54, 1.807) is 6.92 Å². The van der Waals surface area contributed by atoms with Crippen LogP contribution in [0.25, 0.3) is 10.2 Å². The van der Waals surface area contributed by atoms with Gasteiger partial charge in [-0.15, -0.1) is 11.3 Å². The summed E-state index contributed by atoms with van der Waals surface area (Å²) in [7, 11) is 0. The Morgan fingerprint density at radius 2 is 2.17 bits per heavy atom. The van der Waals surface area contributed by atoms with Crippen molar-refractivity contribution in [2.45, 2.75) is 13.8 Å². The van der Waals surface area contributed by atoms with Crippen molar-refractivity contribution in [3.8, 4) is 11.6 Å². The Hall–Kier alpha value is -1.99. The average Bonchev–Trinajstić information content (AvgIpc) is 2.86. The predicted molar refractivity (Wildman–Crippen MR) is 92.3 cm³/mol. The van der Waals surface area contributed by atoms with Gasteiger partial charge in [0.25, 0.3) is 0 Å². The lowest BCUT2D eigenvalue weighted by atomic mass is 10.2. The van der Waals surface area contributed by atoms with E-state index in [4.69, 9.17) is 9.47 Å². The van der Waals surface area contributed by atoms with Gasteiger partial charge in [-0.25, -0.2) is 14.8 Å². The molecule has 7 heteroatoms. The fourth-order valence-electron chi connectivity index (χ4n) is 2.15. The minimum atomic E-state index is -0.346. The van der Waals surface area contributed by atoms with Gasteiger partial charge in [0.1, 0.15) is 21.8 Å². The van der Waals surface area contributed by atoms with Gasteiger partial charge >= 0.3 is 5.97 Å². The number of carbonyl (C=O) groups excluding carboxylic acids is 1. The number of rotatable bonds is 4. The molecule has 1 aromatic carbocycles. The van der Waals surface area contributed by atoms with Crippen LogP contribution in [0.1, 0.15) is 22.2 Å². The molecule has 0 saturated heterocycles. The molecule has 0 aliphatic carbocycles. The molecule has 0 spiro atoms. The quantitative estimate of drug-likeness (QED) is 0.600. The monoisotopic (exact) mass is 392 g/mol. The number of nitrogens with zero attached hydrogens (tertiary/aromatic N) is 2. The minimum absolute atomic E-state index is 0.333. The van der Waals surface area contributed by atoms with E-state index in [0.29, 0.717) is 27.9 Å². The zero-order valence-corrected chi connectivity index (χ0v) is 14.9. The van der Waals surface area contributed by atoms with E-state index in [9.17, 15) is 4.79 Å². The number of carbonyl (C=O) groups is 1. The van der Waals surface area contributed by atoms with Crippen molar-refractivity contribution >= 4 is 43.5 Å². The number of thiophene rings is 1. The van der Waals surface area contributed by atoms with Crippen molar-refractivity contribution < 1.29 is 14.3 Å². The van der Waals surface area contributed by atoms with E-state index in [1.807, 2.05) is 31.2 Å². The third-order valence-electron chi connectivity index (χ3n) is 3.16. The summed E-state index contributed by atoms with van der Waals surface area (Å²) >= 11 is 4.69. The SMILES string of the molecule is CCOC(=O)c1sc2ncnc(Oc3cccc(Br)c3)c2c1C. The topological polar surface area (TPSA) is 61.3 Å². The maximum absolute atomic E-state index is 12.0. The van der Waals surface area contributed by atoms with Crippen molar-refractivity contribution in [3.05, 3.63) is 45.5 Å². The Labute approximate surface area is 145 Å². The standard InChI is InChI=1S/C16H13BrN2O3S/c1-3-21-16(20)13-9(2)12-14(18-8-19-15(12)23-13)22-11-6-4-5-10(17)7-11/h4-8H,3H2,1-2H3. The summed E-state index contributed by atoms with van der Waals surface area (Å²) in [6.45, 7) is 3.96. The van der Waals surface area contributed by atoms with Gasteiger partial charge in [0.05, 0.1) is 12.0 Å². The van der Waals surface area contributed by atoms with Crippen LogP contribution < -0.4 is 4.74 Å². The van der Waals surface area contributed by atoms with Gasteiger partial charge in [0.2, 0.25) is 5.88 Å². The second-order valence-corrected chi connectivity index (χ2v) is 6.61. The highest BCUT2D eigenvalue weighted by molar-refractivity contribution is 9.10. The van der Waals surface area contributed by atoms with E-state index >= 15 is 0 Å². The molecule has 2 heterocycles. The van der Waals surface area contributed by atoms with Crippen LogP contribution in [0.4, 0.5) is 0 Å². The van der Waals surface area contributed by atoms with E-state index in [1.165, 1.54) is 17.7 Å². The zero-order chi connectivity index (χ0) is 16.4. The molecule has 118 valence electrons. The Balaban J connectivity index is 2.06. The van der Waals surface area contributed by atoms with E-state index in [-0.39, 0.29) is 5.97 Å². The normalized spacial score (nSPS) is 10.7. The average molecular weight is 393 g/mol. The number of aryl methyl sites for hydroxylation is 1. The first-order valence-corrected chi connectivity index (χ1v) is 8.55. The summed E-state index contributed by atoms with van der Waals surface area (Å²) in [5, 5.41) is 0.737. The van der Waals surface area contributed by atoms with Crippen LogP contribution in [0.15, 0.2) is 35.1 Å². The van der Waals surface area contributed by atoms with Gasteiger partial charge < -0.3 is 9.47 Å². The summed E-state index contributed by atoms with van der Waals surface area (Å²) in [5.41, 5.74) is 0.772. The Morgan fingerprint density at radius 1 is 1.35 bits per heavy atom. The largest absolute Gasteiger partial charge is 0.462 e. The maximum atomic E-state index is 12.0. The summed E-state index contributed by atoms with van der Waals surface area (Å²) < 4.78 is 11.9. The molecule has 2 aromatic heterocycles. The van der Waals surface area contributed by atoms with Crippen LogP contribution in [0.5, 0.6) is 11.6 Å². The molecule has 0 amide bonds. The number of halogens is 1. The molecule has 0 aliphatic rings. The summed E-state index contributed by atoms with van der Waals surface area (Å²) in [5.74, 6) is 0.737. The Kier molecular flexibility index (Phi) is 4.58. The molecule has 5 nitrogen and oxygen atoms in total. The van der Waals surface area contributed by atoms with E-state index in [0.717, 1.165) is 15.4 Å². The van der Waals surface area contributed by atoms with Crippen LogP contribution >= 0.6 is 27.3 Å². The van der Waals surface area contributed by atoms with Crippen molar-refractivity contribution in [1.29, 1.82) is 0 Å². The molecule has 23 heavy (non-hydrogen) atoms. The molecule has 0 atom stereocenters. The molecule has 0 aliphatic heterocycles. The molecule has 0 fully saturated rings. The molecule has 0 saturated carbocycles. The van der Waals surface area contributed by atoms with Crippen molar-refractivity contribution in [2.24, 2.45) is 0 Å². The number of esters is 1. The van der Waals surface area contributed by atoms with Crippen LogP contribution in [-0.4, -0.2) is 22.5 Å².